The number of hydrogen-bond donors (Lipinski definition) is 0. The zero-order valence-corrected chi connectivity index (χ0v) is 23.6. The molecule has 2 aromatic carbocycles. The molecule has 4 aliphatic rings. The van der Waals surface area contributed by atoms with Crippen molar-refractivity contribution < 1.29 is 26.6 Å². The summed E-state index contributed by atoms with van der Waals surface area (Å²) in [4.78, 5) is 38.4. The van der Waals surface area contributed by atoms with Crippen molar-refractivity contribution in [2.75, 3.05) is 26.2 Å². The largest absolute Gasteiger partial charge is 0.442 e. The molecule has 8 rings (SSSR count). The van der Waals surface area contributed by atoms with E-state index in [0.29, 0.717) is 0 Å². The number of hydrogen-bond acceptors (Lipinski definition) is 10. The highest BCUT2D eigenvalue weighted by molar-refractivity contribution is 7.81. The number of hydroxylamine groups is 4. The minimum absolute atomic E-state index is 0.260. The smallest absolute Gasteiger partial charge is 0.316 e. The van der Waals surface area contributed by atoms with Gasteiger partial charge in [0.25, 0.3) is 0 Å². The predicted molar refractivity (Wildman–Crippen MR) is 151 cm³/mol. The lowest BCUT2D eigenvalue weighted by molar-refractivity contribution is -0.0723. The van der Waals surface area contributed by atoms with Crippen molar-refractivity contribution in [1.29, 1.82) is 0 Å². The van der Waals surface area contributed by atoms with Crippen molar-refractivity contribution in [3.63, 3.8) is 0 Å². The molecule has 4 amide bonds. The van der Waals surface area contributed by atoms with Gasteiger partial charge in [-0.1, -0.05) is 24.3 Å². The molecular formula is C26H20N6O6S3. The maximum absolute atomic E-state index is 13.0. The minimum Gasteiger partial charge on any atom is -0.316 e. The average Bonchev–Trinajstić information content (AvgIpc) is 3.70. The third kappa shape index (κ3) is 4.19. The van der Waals surface area contributed by atoms with Crippen LogP contribution in [0.3, 0.4) is 0 Å². The molecule has 0 saturated carbocycles. The monoisotopic (exact) mass is 608 g/mol. The Balaban J connectivity index is 1.01. The van der Waals surface area contributed by atoms with Gasteiger partial charge in [-0.2, -0.15) is 18.5 Å². The molecule has 0 aliphatic carbocycles. The summed E-state index contributed by atoms with van der Waals surface area (Å²) in [5.74, 6) is 0. The van der Waals surface area contributed by atoms with E-state index in [1.54, 1.807) is 12.2 Å². The first-order valence-corrected chi connectivity index (χ1v) is 15.7. The predicted octanol–water partition coefficient (Wildman–Crippen LogP) is 3.72. The number of carbonyl (C=O) groups excluding carboxylic acids is 2. The van der Waals surface area contributed by atoms with E-state index in [4.69, 9.17) is 8.57 Å². The summed E-state index contributed by atoms with van der Waals surface area (Å²) in [6.07, 6.45) is 3.59. The number of thiazole rings is 2. The average molecular weight is 609 g/mol. The van der Waals surface area contributed by atoms with E-state index >= 15 is 0 Å². The molecule has 208 valence electrons. The molecule has 4 aliphatic heterocycles. The summed E-state index contributed by atoms with van der Waals surface area (Å²) in [5, 5.41) is 3.08. The lowest BCUT2D eigenvalue weighted by Crippen LogP contribution is -2.40. The maximum Gasteiger partial charge on any atom is 0.442 e. The molecule has 2 aromatic heterocycles. The fourth-order valence-electron chi connectivity index (χ4n) is 5.49. The molecule has 15 heteroatoms. The van der Waals surface area contributed by atoms with Crippen LogP contribution in [0, 0.1) is 0 Å². The van der Waals surface area contributed by atoms with Crippen molar-refractivity contribution in [3.05, 3.63) is 70.7 Å². The van der Waals surface area contributed by atoms with E-state index in [9.17, 15) is 18.0 Å². The molecule has 0 radical (unpaired) electrons. The van der Waals surface area contributed by atoms with Crippen molar-refractivity contribution in [1.82, 2.24) is 29.9 Å². The first-order valence-electron chi connectivity index (χ1n) is 12.7. The number of para-hydroxylation sites is 2. The van der Waals surface area contributed by atoms with Gasteiger partial charge in [-0.3, -0.25) is 0 Å². The molecule has 2 atom stereocenters. The van der Waals surface area contributed by atoms with E-state index in [0.717, 1.165) is 51.7 Å². The Kier molecular flexibility index (Phi) is 5.49. The van der Waals surface area contributed by atoms with Crippen LogP contribution < -0.4 is 0 Å². The Bertz CT molecular complexity index is 1740. The summed E-state index contributed by atoms with van der Waals surface area (Å²) in [7, 11) is -4.82. The van der Waals surface area contributed by atoms with Crippen LogP contribution in [0.25, 0.3) is 31.6 Å². The van der Waals surface area contributed by atoms with Gasteiger partial charge in [0.15, 0.2) is 0 Å². The van der Waals surface area contributed by atoms with E-state index < -0.39 is 34.5 Å². The highest BCUT2D eigenvalue weighted by Crippen LogP contribution is 2.36. The highest BCUT2D eigenvalue weighted by Gasteiger charge is 2.47. The number of fused-ring (bicyclic) bond motifs is 6. The zero-order chi connectivity index (χ0) is 27.9. The van der Waals surface area contributed by atoms with Gasteiger partial charge in [-0.25, -0.2) is 19.6 Å². The molecule has 4 bridgehead atoms. The summed E-state index contributed by atoms with van der Waals surface area (Å²) in [6.45, 7) is 1.07. The Morgan fingerprint density at radius 1 is 0.707 bits per heavy atom. The fraction of sp³-hybridized carbons (Fsp3) is 0.231. The van der Waals surface area contributed by atoms with Crippen LogP contribution in [0.5, 0.6) is 0 Å². The lowest BCUT2D eigenvalue weighted by atomic mass is 10.1. The third-order valence-electron chi connectivity index (χ3n) is 7.33. The van der Waals surface area contributed by atoms with E-state index in [2.05, 4.69) is 9.97 Å². The van der Waals surface area contributed by atoms with Gasteiger partial charge >= 0.3 is 22.5 Å². The van der Waals surface area contributed by atoms with Crippen LogP contribution >= 0.6 is 22.7 Å². The maximum atomic E-state index is 13.0. The molecule has 41 heavy (non-hydrogen) atoms. The number of benzene rings is 2. The second kappa shape index (κ2) is 9.06. The second-order valence-corrected chi connectivity index (χ2v) is 13.2. The van der Waals surface area contributed by atoms with Crippen LogP contribution in [0.4, 0.5) is 9.59 Å². The van der Waals surface area contributed by atoms with Gasteiger partial charge in [0.2, 0.25) is 0 Å². The number of aromatic nitrogens is 2. The van der Waals surface area contributed by atoms with Crippen molar-refractivity contribution in [3.8, 4) is 0 Å². The van der Waals surface area contributed by atoms with E-state index in [-0.39, 0.29) is 26.2 Å². The number of carbonyl (C=O) groups is 2. The minimum atomic E-state index is -4.82. The third-order valence-corrected chi connectivity index (χ3v) is 10.2. The summed E-state index contributed by atoms with van der Waals surface area (Å²) in [5.41, 5.74) is 3.33. The molecule has 2 fully saturated rings. The first-order chi connectivity index (χ1) is 19.8. The van der Waals surface area contributed by atoms with Crippen molar-refractivity contribution in [2.24, 2.45) is 0 Å². The topological polar surface area (TPSA) is 125 Å². The molecular weight excluding hydrogens is 589 g/mol. The molecule has 0 N–H and O–H groups in total. The Labute approximate surface area is 241 Å². The van der Waals surface area contributed by atoms with E-state index in [1.165, 1.54) is 32.5 Å². The summed E-state index contributed by atoms with van der Waals surface area (Å²) < 4.78 is 38.4. The molecule has 2 unspecified atom stereocenters. The lowest BCUT2D eigenvalue weighted by Gasteiger charge is -2.22. The van der Waals surface area contributed by atoms with Gasteiger partial charge in [0.1, 0.15) is 10.0 Å². The first kappa shape index (κ1) is 24.9. The van der Waals surface area contributed by atoms with Gasteiger partial charge in [-0.15, -0.1) is 31.2 Å². The van der Waals surface area contributed by atoms with Gasteiger partial charge in [0.05, 0.1) is 45.6 Å². The summed E-state index contributed by atoms with van der Waals surface area (Å²) >= 11 is 3.01. The molecule has 4 aromatic rings. The van der Waals surface area contributed by atoms with Gasteiger partial charge in [0, 0.05) is 24.2 Å². The number of urea groups is 2. The standard InChI is InChI=1S/C26H20N6O6S3/c33-25-29-11-15(23-27-19-5-1-3-7-21(19)39-23)9-17(13-29)31(25)37-41(35,36)38-32-18-10-16(12-30(14-18)26(32)34)24-28-20-6-2-4-8-22(20)40-24/h1-10,17-18H,11-14H2. The SMILES string of the molecule is O=C1N2CC(c3nc4ccccc4s3)=CC(C2)N1OS(=O)(=O)ON1C(=O)N2CC(c3nc4ccccc4s3)=CC1C2. The van der Waals surface area contributed by atoms with Crippen molar-refractivity contribution >= 4 is 76.7 Å². The normalized spacial score (nSPS) is 22.3. The van der Waals surface area contributed by atoms with Gasteiger partial charge < -0.3 is 9.80 Å². The molecule has 0 spiro atoms. The number of nitrogens with zero attached hydrogens (tertiary/aromatic N) is 6. The Morgan fingerprint density at radius 2 is 1.15 bits per heavy atom. The number of rotatable bonds is 6. The highest BCUT2D eigenvalue weighted by atomic mass is 32.3. The van der Waals surface area contributed by atoms with E-state index in [1.807, 2.05) is 48.5 Å². The number of amides is 4. The zero-order valence-electron chi connectivity index (χ0n) is 21.1. The molecule has 12 nitrogen and oxygen atoms in total. The van der Waals surface area contributed by atoms with Crippen LogP contribution in [-0.4, -0.2) is 88.6 Å². The molecule has 6 heterocycles. The van der Waals surface area contributed by atoms with Crippen molar-refractivity contribution in [2.45, 2.75) is 12.1 Å². The Hall–Kier alpha value is -3.89. The Morgan fingerprint density at radius 3 is 1.59 bits per heavy atom. The second-order valence-electron chi connectivity index (χ2n) is 10.0. The van der Waals surface area contributed by atoms with Crippen LogP contribution in [-0.2, 0) is 19.0 Å². The quantitative estimate of drug-likeness (QED) is 0.324. The summed E-state index contributed by atoms with van der Waals surface area (Å²) in [6, 6.07) is 12.9. The van der Waals surface area contributed by atoms with Crippen LogP contribution in [0.15, 0.2) is 60.7 Å². The molecule has 2 saturated heterocycles. The van der Waals surface area contributed by atoms with Gasteiger partial charge in [-0.05, 0) is 36.4 Å². The fourth-order valence-corrected chi connectivity index (χ4v) is 8.22. The van der Waals surface area contributed by atoms with Crippen LogP contribution in [0.1, 0.15) is 10.0 Å². The van der Waals surface area contributed by atoms with Crippen LogP contribution in [0.2, 0.25) is 0 Å².